The van der Waals surface area contributed by atoms with E-state index in [4.69, 9.17) is 0 Å². The predicted molar refractivity (Wildman–Crippen MR) is 159 cm³/mol. The Morgan fingerprint density at radius 2 is 1.56 bits per heavy atom. The molecule has 0 aliphatic rings. The topological polar surface area (TPSA) is 130 Å². The van der Waals surface area contributed by atoms with Crippen LogP contribution in [0.5, 0.6) is 0 Å². The Hall–Kier alpha value is -4.25. The van der Waals surface area contributed by atoms with Crippen molar-refractivity contribution >= 4 is 33.2 Å². The third-order valence-corrected chi connectivity index (χ3v) is 7.95. The molecule has 2 amide bonds. The smallest absolute Gasteiger partial charge is 0.271 e. The van der Waals surface area contributed by atoms with Crippen molar-refractivity contribution in [1.82, 2.24) is 10.2 Å². The molecular formula is C30H36N4O6S. The molecule has 0 bridgehead atoms. The molecular weight excluding hydrogens is 544 g/mol. The predicted octanol–water partition coefficient (Wildman–Crippen LogP) is 4.22. The van der Waals surface area contributed by atoms with Crippen molar-refractivity contribution in [3.63, 3.8) is 0 Å². The van der Waals surface area contributed by atoms with Crippen LogP contribution in [0.15, 0.2) is 78.9 Å². The summed E-state index contributed by atoms with van der Waals surface area (Å²) >= 11 is 0. The largest absolute Gasteiger partial charge is 0.352 e. The maximum Gasteiger partial charge on any atom is 0.271 e. The lowest BCUT2D eigenvalue weighted by atomic mass is 10.0. The Balaban J connectivity index is 2.09. The van der Waals surface area contributed by atoms with Gasteiger partial charge in [0.25, 0.3) is 5.69 Å². The number of hydrogen-bond donors (Lipinski definition) is 1. The van der Waals surface area contributed by atoms with Crippen LogP contribution in [-0.4, -0.2) is 54.9 Å². The zero-order valence-electron chi connectivity index (χ0n) is 23.7. The monoisotopic (exact) mass is 580 g/mol. The minimum absolute atomic E-state index is 0.0263. The number of rotatable bonds is 13. The van der Waals surface area contributed by atoms with Gasteiger partial charge in [-0.25, -0.2) is 8.42 Å². The molecule has 0 unspecified atom stereocenters. The molecule has 3 aromatic rings. The number of carbonyl (C=O) groups excluding carboxylic acids is 2. The summed E-state index contributed by atoms with van der Waals surface area (Å²) in [4.78, 5) is 40.0. The lowest BCUT2D eigenvalue weighted by Gasteiger charge is -2.34. The average Bonchev–Trinajstić information content (AvgIpc) is 2.94. The highest BCUT2D eigenvalue weighted by Crippen LogP contribution is 2.28. The first-order chi connectivity index (χ1) is 19.4. The molecule has 218 valence electrons. The number of benzene rings is 3. The van der Waals surface area contributed by atoms with Crippen LogP contribution in [0.2, 0.25) is 0 Å². The second-order valence-electron chi connectivity index (χ2n) is 10.0. The van der Waals surface area contributed by atoms with Crippen LogP contribution in [0.25, 0.3) is 0 Å². The molecule has 3 aromatic carbocycles. The Morgan fingerprint density at radius 3 is 2.10 bits per heavy atom. The van der Waals surface area contributed by atoms with Crippen molar-refractivity contribution in [3.05, 3.63) is 106 Å². The van der Waals surface area contributed by atoms with Crippen molar-refractivity contribution in [2.24, 2.45) is 0 Å². The van der Waals surface area contributed by atoms with E-state index in [-0.39, 0.29) is 36.3 Å². The number of non-ortho nitro benzene ring substituents is 1. The van der Waals surface area contributed by atoms with Crippen LogP contribution < -0.4 is 9.62 Å². The minimum atomic E-state index is -4.05. The van der Waals surface area contributed by atoms with Crippen molar-refractivity contribution < 1.29 is 22.9 Å². The Kier molecular flexibility index (Phi) is 10.6. The highest BCUT2D eigenvalue weighted by atomic mass is 32.2. The van der Waals surface area contributed by atoms with Crippen molar-refractivity contribution in [1.29, 1.82) is 0 Å². The van der Waals surface area contributed by atoms with Crippen LogP contribution in [-0.2, 0) is 32.6 Å². The van der Waals surface area contributed by atoms with E-state index in [1.165, 1.54) is 17.0 Å². The van der Waals surface area contributed by atoms with E-state index in [9.17, 15) is 28.1 Å². The third-order valence-electron chi connectivity index (χ3n) is 6.82. The molecule has 11 heteroatoms. The van der Waals surface area contributed by atoms with E-state index >= 15 is 0 Å². The van der Waals surface area contributed by atoms with E-state index in [2.05, 4.69) is 5.32 Å². The van der Waals surface area contributed by atoms with Gasteiger partial charge in [-0.1, -0.05) is 73.7 Å². The summed E-state index contributed by atoms with van der Waals surface area (Å²) in [6, 6.07) is 21.2. The first-order valence-corrected chi connectivity index (χ1v) is 15.2. The standard InChI is InChI=1S/C30H36N4O6S/c1-5-23(3)31-30(36)28(18-24-12-8-6-9-13-24)32(20-25-14-10-7-11-15-25)29(35)21-33(41(4,39)40)27-19-26(34(37)38)17-16-22(27)2/h6-17,19,23,28H,5,18,20-21H2,1-4H3,(H,31,36)/t23-,28+/m0/s1. The van der Waals surface area contributed by atoms with Crippen LogP contribution >= 0.6 is 0 Å². The van der Waals surface area contributed by atoms with Crippen molar-refractivity contribution in [3.8, 4) is 0 Å². The molecule has 10 nitrogen and oxygen atoms in total. The second kappa shape index (κ2) is 13.9. The van der Waals surface area contributed by atoms with Gasteiger partial charge >= 0.3 is 0 Å². The van der Waals surface area contributed by atoms with Crippen LogP contribution in [0.4, 0.5) is 11.4 Å². The Morgan fingerprint density at radius 1 is 0.976 bits per heavy atom. The molecule has 3 rings (SSSR count). The zero-order valence-corrected chi connectivity index (χ0v) is 24.5. The molecule has 0 spiro atoms. The van der Waals surface area contributed by atoms with Gasteiger partial charge in [-0.2, -0.15) is 0 Å². The Bertz CT molecular complexity index is 1460. The Labute approximate surface area is 241 Å². The van der Waals surface area contributed by atoms with Gasteiger partial charge in [-0.15, -0.1) is 0 Å². The molecule has 0 fully saturated rings. The number of nitrogens with zero attached hydrogens (tertiary/aromatic N) is 3. The lowest BCUT2D eigenvalue weighted by molar-refractivity contribution is -0.384. The van der Waals surface area contributed by atoms with E-state index < -0.39 is 33.4 Å². The highest BCUT2D eigenvalue weighted by molar-refractivity contribution is 7.92. The summed E-state index contributed by atoms with van der Waals surface area (Å²) < 4.78 is 26.8. The highest BCUT2D eigenvalue weighted by Gasteiger charge is 2.34. The molecule has 0 aliphatic heterocycles. The van der Waals surface area contributed by atoms with Crippen molar-refractivity contribution in [2.45, 2.75) is 52.2 Å². The summed E-state index contributed by atoms with van der Waals surface area (Å²) in [6.07, 6.45) is 1.83. The fourth-order valence-corrected chi connectivity index (χ4v) is 5.25. The molecule has 1 N–H and O–H groups in total. The number of hydrogen-bond acceptors (Lipinski definition) is 6. The van der Waals surface area contributed by atoms with Crippen LogP contribution in [0, 0.1) is 17.0 Å². The molecule has 2 atom stereocenters. The SMILES string of the molecule is CC[C@H](C)NC(=O)[C@@H](Cc1ccccc1)N(Cc1ccccc1)C(=O)CN(c1cc([N+](=O)[O-])ccc1C)S(C)(=O)=O. The average molecular weight is 581 g/mol. The molecule has 0 radical (unpaired) electrons. The number of nitrogens with one attached hydrogen (secondary N) is 1. The fraction of sp³-hybridized carbons (Fsp3) is 0.333. The lowest BCUT2D eigenvalue weighted by Crippen LogP contribution is -2.54. The molecule has 0 saturated carbocycles. The summed E-state index contributed by atoms with van der Waals surface area (Å²) in [7, 11) is -4.05. The number of nitro groups is 1. The van der Waals surface area contributed by atoms with Gasteiger partial charge in [0, 0.05) is 31.1 Å². The van der Waals surface area contributed by atoms with Gasteiger partial charge in [0.05, 0.1) is 16.9 Å². The summed E-state index contributed by atoms with van der Waals surface area (Å²) in [5, 5.41) is 14.4. The molecule has 0 aromatic heterocycles. The van der Waals surface area contributed by atoms with E-state index in [0.717, 1.165) is 27.8 Å². The quantitative estimate of drug-likeness (QED) is 0.238. The summed E-state index contributed by atoms with van der Waals surface area (Å²) in [6.45, 7) is 4.83. The van der Waals surface area contributed by atoms with Crippen molar-refractivity contribution in [2.75, 3.05) is 17.1 Å². The van der Waals surface area contributed by atoms with Gasteiger partial charge in [-0.3, -0.25) is 24.0 Å². The molecule has 0 aliphatic carbocycles. The van der Waals surface area contributed by atoms with Gasteiger partial charge in [0.1, 0.15) is 12.6 Å². The number of amides is 2. The van der Waals surface area contributed by atoms with E-state index in [0.29, 0.717) is 12.0 Å². The number of carbonyl (C=O) groups is 2. The summed E-state index contributed by atoms with van der Waals surface area (Å²) in [5.41, 5.74) is 1.75. The number of anilines is 1. The number of sulfonamides is 1. The van der Waals surface area contributed by atoms with Crippen LogP contribution in [0.3, 0.4) is 0 Å². The van der Waals surface area contributed by atoms with Gasteiger partial charge in [0.2, 0.25) is 21.8 Å². The van der Waals surface area contributed by atoms with E-state index in [1.54, 1.807) is 6.92 Å². The maximum absolute atomic E-state index is 14.1. The molecule has 0 saturated heterocycles. The first kappa shape index (κ1) is 31.3. The zero-order chi connectivity index (χ0) is 30.2. The normalized spacial score (nSPS) is 12.7. The van der Waals surface area contributed by atoms with Gasteiger partial charge in [0.15, 0.2) is 0 Å². The molecule has 41 heavy (non-hydrogen) atoms. The minimum Gasteiger partial charge on any atom is -0.352 e. The molecule has 0 heterocycles. The number of nitro benzene ring substituents is 1. The van der Waals surface area contributed by atoms with E-state index in [1.807, 2.05) is 74.5 Å². The van der Waals surface area contributed by atoms with Crippen LogP contribution in [0.1, 0.15) is 37.0 Å². The first-order valence-electron chi connectivity index (χ1n) is 13.3. The van der Waals surface area contributed by atoms with Gasteiger partial charge < -0.3 is 10.2 Å². The van der Waals surface area contributed by atoms with Gasteiger partial charge in [-0.05, 0) is 37.0 Å². The third kappa shape index (κ3) is 8.62. The second-order valence-corrected chi connectivity index (χ2v) is 11.9. The number of aryl methyl sites for hydroxylation is 1. The maximum atomic E-state index is 14.1. The summed E-state index contributed by atoms with van der Waals surface area (Å²) in [5.74, 6) is -0.977. The fourth-order valence-electron chi connectivity index (χ4n) is 4.35.